The minimum absolute atomic E-state index is 0.0990. The third-order valence-corrected chi connectivity index (χ3v) is 4.24. The van der Waals surface area contributed by atoms with Crippen molar-refractivity contribution in [3.63, 3.8) is 0 Å². The zero-order valence-electron chi connectivity index (χ0n) is 10.3. The summed E-state index contributed by atoms with van der Waals surface area (Å²) < 4.78 is 14.7. The van der Waals surface area contributed by atoms with Crippen LogP contribution in [0.15, 0.2) is 22.7 Å². The van der Waals surface area contributed by atoms with Crippen molar-refractivity contribution in [2.75, 3.05) is 19.6 Å². The maximum atomic E-state index is 13.8. The summed E-state index contributed by atoms with van der Waals surface area (Å²) in [5.74, 6) is -0.278. The lowest BCUT2D eigenvalue weighted by atomic mass is 10.1. The Balaban J connectivity index is 1.80. The second kappa shape index (κ2) is 5.09. The highest BCUT2D eigenvalue weighted by Gasteiger charge is 2.36. The van der Waals surface area contributed by atoms with Gasteiger partial charge in [-0.25, -0.2) is 9.18 Å². The van der Waals surface area contributed by atoms with Gasteiger partial charge in [-0.05, 0) is 31.2 Å². The summed E-state index contributed by atoms with van der Waals surface area (Å²) in [5, 5.41) is 6.11. The van der Waals surface area contributed by atoms with Crippen molar-refractivity contribution >= 4 is 22.0 Å². The van der Waals surface area contributed by atoms with Crippen LogP contribution in [0.1, 0.15) is 18.0 Å². The molecule has 2 aliphatic rings. The van der Waals surface area contributed by atoms with Crippen LogP contribution in [0.4, 0.5) is 9.18 Å². The van der Waals surface area contributed by atoms with Gasteiger partial charge < -0.3 is 15.5 Å². The number of nitrogens with one attached hydrogen (secondary N) is 2. The highest BCUT2D eigenvalue weighted by atomic mass is 79.9. The molecular weight excluding hydrogens is 313 g/mol. The average Bonchev–Trinajstić information content (AvgIpc) is 3.01. The van der Waals surface area contributed by atoms with E-state index in [2.05, 4.69) is 26.6 Å². The number of carbonyl (C=O) groups excluding carboxylic acids is 1. The summed E-state index contributed by atoms with van der Waals surface area (Å²) in [5.41, 5.74) is 0.538. The molecular formula is C13H15BrFN3O. The van der Waals surface area contributed by atoms with Gasteiger partial charge in [0.05, 0.1) is 6.04 Å². The van der Waals surface area contributed by atoms with Crippen LogP contribution in [-0.4, -0.2) is 36.6 Å². The standard InChI is InChI=1S/C13H15BrFN3O/c14-8-1-2-11(15)10(5-8)12-7-18(13(19)17-12)9-3-4-16-6-9/h1-2,5,9,12,16H,3-4,6-7H2,(H,17,19). The molecule has 0 radical (unpaired) electrons. The van der Waals surface area contributed by atoms with E-state index < -0.39 is 0 Å². The predicted molar refractivity (Wildman–Crippen MR) is 73.4 cm³/mol. The van der Waals surface area contributed by atoms with Gasteiger partial charge in [-0.2, -0.15) is 0 Å². The van der Waals surface area contributed by atoms with Crippen molar-refractivity contribution in [1.29, 1.82) is 0 Å². The van der Waals surface area contributed by atoms with E-state index in [0.717, 1.165) is 24.0 Å². The van der Waals surface area contributed by atoms with Crippen LogP contribution in [0.25, 0.3) is 0 Å². The maximum absolute atomic E-state index is 13.8. The monoisotopic (exact) mass is 327 g/mol. The average molecular weight is 328 g/mol. The van der Waals surface area contributed by atoms with E-state index >= 15 is 0 Å². The quantitative estimate of drug-likeness (QED) is 0.872. The van der Waals surface area contributed by atoms with Gasteiger partial charge >= 0.3 is 6.03 Å². The lowest BCUT2D eigenvalue weighted by Crippen LogP contribution is -2.39. The Morgan fingerprint density at radius 3 is 3.00 bits per heavy atom. The molecule has 1 aromatic rings. The molecule has 2 atom stereocenters. The number of amides is 2. The molecule has 0 aliphatic carbocycles. The zero-order chi connectivity index (χ0) is 13.4. The fourth-order valence-electron chi connectivity index (χ4n) is 2.74. The summed E-state index contributed by atoms with van der Waals surface area (Å²) >= 11 is 3.34. The maximum Gasteiger partial charge on any atom is 0.318 e. The molecule has 0 spiro atoms. The van der Waals surface area contributed by atoms with Crippen LogP contribution in [-0.2, 0) is 0 Å². The van der Waals surface area contributed by atoms with Gasteiger partial charge in [0, 0.05) is 29.2 Å². The summed E-state index contributed by atoms with van der Waals surface area (Å²) in [6, 6.07) is 4.67. The molecule has 2 saturated heterocycles. The predicted octanol–water partition coefficient (Wildman–Crippen LogP) is 2.02. The first-order valence-corrected chi connectivity index (χ1v) is 7.17. The number of hydrogen-bond donors (Lipinski definition) is 2. The SMILES string of the molecule is O=C1NC(c2cc(Br)ccc2F)CN1C1CCNC1. The second-order valence-electron chi connectivity index (χ2n) is 4.97. The van der Waals surface area contributed by atoms with Crippen molar-refractivity contribution in [2.24, 2.45) is 0 Å². The highest BCUT2D eigenvalue weighted by molar-refractivity contribution is 9.10. The van der Waals surface area contributed by atoms with Gasteiger partial charge in [-0.15, -0.1) is 0 Å². The van der Waals surface area contributed by atoms with Crippen LogP contribution in [0.3, 0.4) is 0 Å². The zero-order valence-corrected chi connectivity index (χ0v) is 11.9. The molecule has 3 rings (SSSR count). The van der Waals surface area contributed by atoms with Crippen molar-refractivity contribution in [3.8, 4) is 0 Å². The Morgan fingerprint density at radius 2 is 2.26 bits per heavy atom. The summed E-state index contributed by atoms with van der Waals surface area (Å²) in [7, 11) is 0. The molecule has 6 heteroatoms. The van der Waals surface area contributed by atoms with Crippen LogP contribution < -0.4 is 10.6 Å². The first-order valence-electron chi connectivity index (χ1n) is 6.38. The van der Waals surface area contributed by atoms with E-state index in [9.17, 15) is 9.18 Å². The summed E-state index contributed by atoms with van der Waals surface area (Å²) in [6.07, 6.45) is 0.959. The van der Waals surface area contributed by atoms with Crippen molar-refractivity contribution in [3.05, 3.63) is 34.1 Å². The van der Waals surface area contributed by atoms with Crippen molar-refractivity contribution < 1.29 is 9.18 Å². The normalized spacial score (nSPS) is 26.8. The largest absolute Gasteiger partial charge is 0.329 e. The van der Waals surface area contributed by atoms with E-state index in [1.54, 1.807) is 12.1 Å². The number of halogens is 2. The van der Waals surface area contributed by atoms with E-state index in [0.29, 0.717) is 12.1 Å². The number of nitrogens with zero attached hydrogens (tertiary/aromatic N) is 1. The van der Waals surface area contributed by atoms with Gasteiger partial charge in [-0.1, -0.05) is 15.9 Å². The Labute approximate surface area is 119 Å². The molecule has 102 valence electrons. The lowest BCUT2D eigenvalue weighted by molar-refractivity contribution is 0.201. The van der Waals surface area contributed by atoms with Gasteiger partial charge in [0.2, 0.25) is 0 Å². The van der Waals surface area contributed by atoms with Gasteiger partial charge in [-0.3, -0.25) is 0 Å². The minimum atomic E-state index is -0.278. The molecule has 2 fully saturated rings. The highest BCUT2D eigenvalue weighted by Crippen LogP contribution is 2.27. The van der Waals surface area contributed by atoms with E-state index in [1.165, 1.54) is 6.07 Å². The number of rotatable bonds is 2. The second-order valence-corrected chi connectivity index (χ2v) is 5.88. The van der Waals surface area contributed by atoms with Crippen molar-refractivity contribution in [2.45, 2.75) is 18.5 Å². The molecule has 4 nitrogen and oxygen atoms in total. The van der Waals surface area contributed by atoms with Gasteiger partial charge in [0.25, 0.3) is 0 Å². The molecule has 0 bridgehead atoms. The van der Waals surface area contributed by atoms with Crippen LogP contribution >= 0.6 is 15.9 Å². The molecule has 0 aromatic heterocycles. The van der Waals surface area contributed by atoms with Crippen LogP contribution in [0.2, 0.25) is 0 Å². The summed E-state index contributed by atoms with van der Waals surface area (Å²) in [6.45, 7) is 2.28. The first-order chi connectivity index (χ1) is 9.15. The fourth-order valence-corrected chi connectivity index (χ4v) is 3.11. The smallest absolute Gasteiger partial charge is 0.318 e. The lowest BCUT2D eigenvalue weighted by Gasteiger charge is -2.21. The van der Waals surface area contributed by atoms with Crippen molar-refractivity contribution in [1.82, 2.24) is 15.5 Å². The molecule has 2 aliphatic heterocycles. The number of hydrogen-bond acceptors (Lipinski definition) is 2. The molecule has 1 aromatic carbocycles. The van der Waals surface area contributed by atoms with Gasteiger partial charge in [0.15, 0.2) is 0 Å². The first kappa shape index (κ1) is 12.9. The fraction of sp³-hybridized carbons (Fsp3) is 0.462. The van der Waals surface area contributed by atoms with Gasteiger partial charge in [0.1, 0.15) is 5.82 Å². The Morgan fingerprint density at radius 1 is 1.42 bits per heavy atom. The summed E-state index contributed by atoms with van der Waals surface area (Å²) in [4.78, 5) is 13.8. The molecule has 2 unspecified atom stereocenters. The topological polar surface area (TPSA) is 44.4 Å². The Bertz CT molecular complexity index is 505. The molecule has 2 heterocycles. The molecule has 0 saturated carbocycles. The molecule has 19 heavy (non-hydrogen) atoms. The van der Waals surface area contributed by atoms with E-state index in [4.69, 9.17) is 0 Å². The van der Waals surface area contributed by atoms with E-state index in [-0.39, 0.29) is 23.9 Å². The van der Waals surface area contributed by atoms with E-state index in [1.807, 2.05) is 4.90 Å². The minimum Gasteiger partial charge on any atom is -0.329 e. The molecule has 2 N–H and O–H groups in total. The number of carbonyl (C=O) groups is 1. The molecule has 2 amide bonds. The van der Waals surface area contributed by atoms with Crippen LogP contribution in [0.5, 0.6) is 0 Å². The number of benzene rings is 1. The third-order valence-electron chi connectivity index (χ3n) is 3.75. The Hall–Kier alpha value is -1.14. The third kappa shape index (κ3) is 2.47. The van der Waals surface area contributed by atoms with Crippen LogP contribution in [0, 0.1) is 5.82 Å². The Kier molecular flexibility index (Phi) is 3.45. The number of urea groups is 1.